The minimum Gasteiger partial charge on any atom is -0.455 e. The van der Waals surface area contributed by atoms with Crippen molar-refractivity contribution in [3.05, 3.63) is 57.5 Å². The number of rotatable bonds is 4. The van der Waals surface area contributed by atoms with E-state index in [0.29, 0.717) is 28.0 Å². The van der Waals surface area contributed by atoms with Gasteiger partial charge in [0.25, 0.3) is 0 Å². The maximum Gasteiger partial charge on any atom is 0.228 e. The number of methoxy groups -OCH3 is 1. The number of halogens is 2. The zero-order valence-corrected chi connectivity index (χ0v) is 11.1. The number of furan rings is 1. The number of benzene rings is 1. The second-order valence-electron chi connectivity index (χ2n) is 3.66. The molecule has 0 fully saturated rings. The van der Waals surface area contributed by atoms with Gasteiger partial charge in [-0.1, -0.05) is 23.2 Å². The van der Waals surface area contributed by atoms with Crippen LogP contribution in [-0.2, 0) is 11.3 Å². The molecule has 5 heteroatoms. The van der Waals surface area contributed by atoms with E-state index in [0.717, 1.165) is 0 Å². The van der Waals surface area contributed by atoms with Gasteiger partial charge in [-0.05, 0) is 30.3 Å². The SMILES string of the molecule is COCc1ccc(C(=O)c2ccc(Cl)c(Cl)c2)o1. The van der Waals surface area contributed by atoms with E-state index in [-0.39, 0.29) is 11.5 Å². The summed E-state index contributed by atoms with van der Waals surface area (Å²) >= 11 is 11.7. The van der Waals surface area contributed by atoms with E-state index in [1.807, 2.05) is 0 Å². The smallest absolute Gasteiger partial charge is 0.228 e. The Balaban J connectivity index is 2.26. The van der Waals surface area contributed by atoms with Crippen molar-refractivity contribution < 1.29 is 13.9 Å². The lowest BCUT2D eigenvalue weighted by molar-refractivity contribution is 0.1000. The molecule has 0 radical (unpaired) electrons. The molecule has 0 aliphatic rings. The molecule has 0 saturated carbocycles. The van der Waals surface area contributed by atoms with Crippen molar-refractivity contribution in [2.45, 2.75) is 6.61 Å². The van der Waals surface area contributed by atoms with Crippen molar-refractivity contribution in [1.29, 1.82) is 0 Å². The van der Waals surface area contributed by atoms with Gasteiger partial charge in [0.1, 0.15) is 12.4 Å². The molecule has 0 amide bonds. The summed E-state index contributed by atoms with van der Waals surface area (Å²) in [7, 11) is 1.56. The average Bonchev–Trinajstić information content (AvgIpc) is 2.81. The van der Waals surface area contributed by atoms with Crippen LogP contribution in [0, 0.1) is 0 Å². The van der Waals surface area contributed by atoms with Crippen molar-refractivity contribution in [3.8, 4) is 0 Å². The largest absolute Gasteiger partial charge is 0.455 e. The van der Waals surface area contributed by atoms with Crippen LogP contribution >= 0.6 is 23.2 Å². The number of hydrogen-bond acceptors (Lipinski definition) is 3. The highest BCUT2D eigenvalue weighted by Crippen LogP contribution is 2.24. The molecule has 0 bridgehead atoms. The van der Waals surface area contributed by atoms with Gasteiger partial charge in [0, 0.05) is 12.7 Å². The molecule has 0 N–H and O–H groups in total. The first-order valence-electron chi connectivity index (χ1n) is 5.19. The first kappa shape index (κ1) is 13.1. The molecule has 0 unspecified atom stereocenters. The van der Waals surface area contributed by atoms with Gasteiger partial charge in [0.05, 0.1) is 10.0 Å². The van der Waals surface area contributed by atoms with Gasteiger partial charge in [-0.2, -0.15) is 0 Å². The molecular weight excluding hydrogens is 275 g/mol. The highest BCUT2D eigenvalue weighted by molar-refractivity contribution is 6.42. The Kier molecular flexibility index (Phi) is 4.07. The Bertz CT molecular complexity index is 575. The highest BCUT2D eigenvalue weighted by Gasteiger charge is 2.14. The summed E-state index contributed by atoms with van der Waals surface area (Å²) in [6.07, 6.45) is 0. The van der Waals surface area contributed by atoms with Crippen LogP contribution < -0.4 is 0 Å². The summed E-state index contributed by atoms with van der Waals surface area (Å²) in [5.41, 5.74) is 0.433. The fourth-order valence-electron chi connectivity index (χ4n) is 1.50. The van der Waals surface area contributed by atoms with Crippen LogP contribution in [0.1, 0.15) is 21.9 Å². The minimum absolute atomic E-state index is 0.240. The predicted molar refractivity (Wildman–Crippen MR) is 69.3 cm³/mol. The van der Waals surface area contributed by atoms with Gasteiger partial charge in [-0.15, -0.1) is 0 Å². The summed E-state index contributed by atoms with van der Waals surface area (Å²) in [5.74, 6) is 0.609. The number of ether oxygens (including phenoxy) is 1. The molecule has 1 heterocycles. The molecule has 1 aromatic carbocycles. The Morgan fingerprint density at radius 1 is 1.22 bits per heavy atom. The fraction of sp³-hybridized carbons (Fsp3) is 0.154. The third-order valence-electron chi connectivity index (χ3n) is 2.35. The second kappa shape index (κ2) is 5.57. The molecule has 0 saturated heterocycles. The van der Waals surface area contributed by atoms with Crippen molar-refractivity contribution in [3.63, 3.8) is 0 Å². The van der Waals surface area contributed by atoms with Gasteiger partial charge < -0.3 is 9.15 Å². The normalized spacial score (nSPS) is 10.6. The molecule has 0 atom stereocenters. The van der Waals surface area contributed by atoms with E-state index in [9.17, 15) is 4.79 Å². The van der Waals surface area contributed by atoms with Crippen LogP contribution in [0.5, 0.6) is 0 Å². The van der Waals surface area contributed by atoms with Crippen molar-refractivity contribution in [1.82, 2.24) is 0 Å². The standard InChI is InChI=1S/C13H10Cl2O3/c1-17-7-9-3-5-12(18-9)13(16)8-2-4-10(14)11(15)6-8/h2-6H,7H2,1H3. The van der Waals surface area contributed by atoms with Gasteiger partial charge in [-0.25, -0.2) is 0 Å². The third-order valence-corrected chi connectivity index (χ3v) is 3.09. The first-order valence-corrected chi connectivity index (χ1v) is 5.95. The van der Waals surface area contributed by atoms with Crippen molar-refractivity contribution in [2.75, 3.05) is 7.11 Å². The van der Waals surface area contributed by atoms with E-state index in [1.54, 1.807) is 31.4 Å². The summed E-state index contributed by atoms with van der Waals surface area (Å²) in [6.45, 7) is 0.328. The number of ketones is 1. The van der Waals surface area contributed by atoms with E-state index in [2.05, 4.69) is 0 Å². The number of carbonyl (C=O) groups excluding carboxylic acids is 1. The van der Waals surface area contributed by atoms with Gasteiger partial charge in [-0.3, -0.25) is 4.79 Å². The van der Waals surface area contributed by atoms with Crippen LogP contribution in [0.2, 0.25) is 10.0 Å². The van der Waals surface area contributed by atoms with E-state index < -0.39 is 0 Å². The lowest BCUT2D eigenvalue weighted by Gasteiger charge is -2.00. The summed E-state index contributed by atoms with van der Waals surface area (Å²) < 4.78 is 10.3. The Morgan fingerprint density at radius 3 is 2.67 bits per heavy atom. The van der Waals surface area contributed by atoms with E-state index in [4.69, 9.17) is 32.4 Å². The summed E-state index contributed by atoms with van der Waals surface area (Å²) in [4.78, 5) is 12.1. The van der Waals surface area contributed by atoms with Gasteiger partial charge in [0.2, 0.25) is 5.78 Å². The van der Waals surface area contributed by atoms with Crippen LogP contribution in [0.25, 0.3) is 0 Å². The quantitative estimate of drug-likeness (QED) is 0.798. The lowest BCUT2D eigenvalue weighted by atomic mass is 10.1. The van der Waals surface area contributed by atoms with Crippen LogP contribution in [0.15, 0.2) is 34.7 Å². The molecule has 3 nitrogen and oxygen atoms in total. The first-order chi connectivity index (χ1) is 8.61. The maximum absolute atomic E-state index is 12.1. The zero-order valence-electron chi connectivity index (χ0n) is 9.57. The van der Waals surface area contributed by atoms with Crippen molar-refractivity contribution in [2.24, 2.45) is 0 Å². The lowest BCUT2D eigenvalue weighted by Crippen LogP contribution is -1.99. The molecule has 1 aromatic heterocycles. The summed E-state index contributed by atoms with van der Waals surface area (Å²) in [5, 5.41) is 0.749. The van der Waals surface area contributed by atoms with Crippen LogP contribution in [0.3, 0.4) is 0 Å². The Labute approximate surface area is 114 Å². The average molecular weight is 285 g/mol. The van der Waals surface area contributed by atoms with Crippen molar-refractivity contribution >= 4 is 29.0 Å². The number of carbonyl (C=O) groups is 1. The fourth-order valence-corrected chi connectivity index (χ4v) is 1.80. The minimum atomic E-state index is -0.240. The molecule has 2 rings (SSSR count). The molecule has 0 spiro atoms. The monoisotopic (exact) mass is 284 g/mol. The highest BCUT2D eigenvalue weighted by atomic mass is 35.5. The van der Waals surface area contributed by atoms with E-state index >= 15 is 0 Å². The van der Waals surface area contributed by atoms with Crippen LogP contribution in [0.4, 0.5) is 0 Å². The predicted octanol–water partition coefficient (Wildman–Crippen LogP) is 3.96. The third kappa shape index (κ3) is 2.75. The zero-order chi connectivity index (χ0) is 13.1. The molecular formula is C13H10Cl2O3. The Hall–Kier alpha value is -1.29. The van der Waals surface area contributed by atoms with E-state index in [1.165, 1.54) is 6.07 Å². The topological polar surface area (TPSA) is 39.4 Å². The molecule has 18 heavy (non-hydrogen) atoms. The molecule has 0 aliphatic heterocycles. The van der Waals surface area contributed by atoms with Gasteiger partial charge in [0.15, 0.2) is 5.76 Å². The number of hydrogen-bond donors (Lipinski definition) is 0. The van der Waals surface area contributed by atoms with Crippen LogP contribution in [-0.4, -0.2) is 12.9 Å². The molecule has 0 aliphatic carbocycles. The maximum atomic E-state index is 12.1. The second-order valence-corrected chi connectivity index (χ2v) is 4.47. The molecule has 94 valence electrons. The van der Waals surface area contributed by atoms with Gasteiger partial charge >= 0.3 is 0 Å². The summed E-state index contributed by atoms with van der Waals surface area (Å²) in [6, 6.07) is 8.02. The Morgan fingerprint density at radius 2 is 2.00 bits per heavy atom. The molecule has 2 aromatic rings.